The van der Waals surface area contributed by atoms with Gasteiger partial charge in [-0.1, -0.05) is 12.1 Å². The Kier molecular flexibility index (Phi) is 3.79. The molecule has 0 bridgehead atoms. The van der Waals surface area contributed by atoms with Gasteiger partial charge >= 0.3 is 0 Å². The number of nitrogens with zero attached hydrogens (tertiary/aromatic N) is 2. The van der Waals surface area contributed by atoms with Crippen LogP contribution in [0, 0.1) is 5.92 Å². The molecule has 1 atom stereocenters. The molecule has 1 fully saturated rings. The summed E-state index contributed by atoms with van der Waals surface area (Å²) in [4.78, 5) is 26.2. The van der Waals surface area contributed by atoms with Gasteiger partial charge in [0.2, 0.25) is 5.91 Å². The third-order valence-corrected chi connectivity index (χ3v) is 4.08. The SMILES string of the molecule is O=C(Cn1[nH]c2ccccc2c1=O)N1CCCC(CO)C1. The number of fused-ring (bicyclic) bond motifs is 1. The average molecular weight is 289 g/mol. The van der Waals surface area contributed by atoms with E-state index in [1.807, 2.05) is 12.1 Å². The first-order valence-electron chi connectivity index (χ1n) is 7.25. The number of hydrogen-bond donors (Lipinski definition) is 2. The summed E-state index contributed by atoms with van der Waals surface area (Å²) in [5.74, 6) is 0.0731. The Morgan fingerprint density at radius 1 is 1.38 bits per heavy atom. The molecule has 6 heteroatoms. The predicted octanol–water partition coefficient (Wildman–Crippen LogP) is 0.560. The monoisotopic (exact) mass is 289 g/mol. The molecule has 21 heavy (non-hydrogen) atoms. The van der Waals surface area contributed by atoms with Crippen molar-refractivity contribution < 1.29 is 9.90 Å². The number of nitrogens with one attached hydrogen (secondary N) is 1. The number of aliphatic hydroxyl groups is 1. The van der Waals surface area contributed by atoms with E-state index < -0.39 is 0 Å². The molecule has 6 nitrogen and oxygen atoms in total. The number of H-pyrrole nitrogens is 1. The van der Waals surface area contributed by atoms with Crippen molar-refractivity contribution in [3.8, 4) is 0 Å². The quantitative estimate of drug-likeness (QED) is 0.866. The van der Waals surface area contributed by atoms with E-state index in [-0.39, 0.29) is 30.5 Å². The number of amides is 1. The van der Waals surface area contributed by atoms with Crippen molar-refractivity contribution in [2.75, 3.05) is 19.7 Å². The molecule has 1 aromatic heterocycles. The first kappa shape index (κ1) is 13.9. The van der Waals surface area contributed by atoms with E-state index in [0.717, 1.165) is 18.4 Å². The predicted molar refractivity (Wildman–Crippen MR) is 78.9 cm³/mol. The molecular formula is C15H19N3O3. The molecule has 112 valence electrons. The molecule has 0 saturated carbocycles. The summed E-state index contributed by atoms with van der Waals surface area (Å²) in [6.45, 7) is 1.40. The van der Waals surface area contributed by atoms with Crippen LogP contribution in [0.3, 0.4) is 0 Å². The largest absolute Gasteiger partial charge is 0.396 e. The molecular weight excluding hydrogens is 270 g/mol. The molecule has 0 spiro atoms. The van der Waals surface area contributed by atoms with Gasteiger partial charge in [-0.3, -0.25) is 14.7 Å². The van der Waals surface area contributed by atoms with E-state index in [4.69, 9.17) is 0 Å². The molecule has 1 aliphatic heterocycles. The van der Waals surface area contributed by atoms with Gasteiger partial charge in [-0.2, -0.15) is 0 Å². The summed E-state index contributed by atoms with van der Waals surface area (Å²) in [7, 11) is 0. The van der Waals surface area contributed by atoms with Gasteiger partial charge in [0, 0.05) is 19.7 Å². The molecule has 3 rings (SSSR count). The Morgan fingerprint density at radius 3 is 2.95 bits per heavy atom. The van der Waals surface area contributed by atoms with E-state index in [2.05, 4.69) is 5.10 Å². The summed E-state index contributed by atoms with van der Waals surface area (Å²) in [5.41, 5.74) is 0.567. The Balaban J connectivity index is 1.77. The maximum absolute atomic E-state index is 12.3. The minimum Gasteiger partial charge on any atom is -0.396 e. The van der Waals surface area contributed by atoms with E-state index in [1.165, 1.54) is 4.68 Å². The smallest absolute Gasteiger partial charge is 0.274 e. The van der Waals surface area contributed by atoms with Crippen molar-refractivity contribution in [2.45, 2.75) is 19.4 Å². The highest BCUT2D eigenvalue weighted by Crippen LogP contribution is 2.16. The lowest BCUT2D eigenvalue weighted by Gasteiger charge is -2.31. The lowest BCUT2D eigenvalue weighted by molar-refractivity contribution is -0.134. The Hall–Kier alpha value is -2.08. The zero-order chi connectivity index (χ0) is 14.8. The van der Waals surface area contributed by atoms with E-state index in [1.54, 1.807) is 17.0 Å². The van der Waals surface area contributed by atoms with Gasteiger partial charge in [0.15, 0.2) is 0 Å². The fourth-order valence-corrected chi connectivity index (χ4v) is 2.90. The van der Waals surface area contributed by atoms with Crippen molar-refractivity contribution in [1.82, 2.24) is 14.7 Å². The first-order chi connectivity index (χ1) is 10.2. The van der Waals surface area contributed by atoms with Crippen LogP contribution in [0.2, 0.25) is 0 Å². The highest BCUT2D eigenvalue weighted by atomic mass is 16.3. The number of likely N-dealkylation sites (tertiary alicyclic amines) is 1. The van der Waals surface area contributed by atoms with Crippen molar-refractivity contribution in [3.05, 3.63) is 34.6 Å². The van der Waals surface area contributed by atoms with Gasteiger partial charge in [0.1, 0.15) is 6.54 Å². The van der Waals surface area contributed by atoms with E-state index in [9.17, 15) is 14.7 Å². The molecule has 1 amide bonds. The fourth-order valence-electron chi connectivity index (χ4n) is 2.90. The standard InChI is InChI=1S/C15H19N3O3/c19-10-11-4-3-7-17(8-11)14(20)9-18-15(21)12-5-1-2-6-13(12)16-18/h1-2,5-6,11,16,19H,3-4,7-10H2. The van der Waals surface area contributed by atoms with Crippen LogP contribution in [0.5, 0.6) is 0 Å². The third-order valence-electron chi connectivity index (χ3n) is 4.08. The van der Waals surface area contributed by atoms with Crippen LogP contribution in [0.1, 0.15) is 12.8 Å². The second-order valence-corrected chi connectivity index (χ2v) is 5.58. The number of aromatic nitrogens is 2. The van der Waals surface area contributed by atoms with Crippen LogP contribution in [0.15, 0.2) is 29.1 Å². The molecule has 1 unspecified atom stereocenters. The molecule has 1 aliphatic rings. The number of para-hydroxylation sites is 1. The van der Waals surface area contributed by atoms with Gasteiger partial charge in [-0.05, 0) is 30.9 Å². The normalized spacial score (nSPS) is 19.1. The highest BCUT2D eigenvalue weighted by Gasteiger charge is 2.23. The summed E-state index contributed by atoms with van der Waals surface area (Å²) in [5, 5.41) is 12.8. The van der Waals surface area contributed by atoms with Crippen molar-refractivity contribution >= 4 is 16.8 Å². The van der Waals surface area contributed by atoms with Crippen LogP contribution in [0.4, 0.5) is 0 Å². The van der Waals surface area contributed by atoms with Crippen molar-refractivity contribution in [2.24, 2.45) is 5.92 Å². The molecule has 0 aliphatic carbocycles. The molecule has 2 aromatic rings. The number of carbonyl (C=O) groups excluding carboxylic acids is 1. The van der Waals surface area contributed by atoms with Gasteiger partial charge in [0.05, 0.1) is 10.9 Å². The summed E-state index contributed by atoms with van der Waals surface area (Å²) in [6, 6.07) is 7.22. The topological polar surface area (TPSA) is 78.3 Å². The molecule has 0 radical (unpaired) electrons. The lowest BCUT2D eigenvalue weighted by atomic mass is 9.99. The van der Waals surface area contributed by atoms with Gasteiger partial charge in [-0.15, -0.1) is 0 Å². The Labute approximate surface area is 122 Å². The van der Waals surface area contributed by atoms with Crippen molar-refractivity contribution in [3.63, 3.8) is 0 Å². The number of benzene rings is 1. The highest BCUT2D eigenvalue weighted by molar-refractivity contribution is 5.79. The summed E-state index contributed by atoms with van der Waals surface area (Å²) >= 11 is 0. The lowest BCUT2D eigenvalue weighted by Crippen LogP contribution is -2.43. The third kappa shape index (κ3) is 2.71. The van der Waals surface area contributed by atoms with Crippen LogP contribution >= 0.6 is 0 Å². The van der Waals surface area contributed by atoms with Crippen LogP contribution in [-0.2, 0) is 11.3 Å². The zero-order valence-electron chi connectivity index (χ0n) is 11.8. The fraction of sp³-hybridized carbons (Fsp3) is 0.467. The maximum atomic E-state index is 12.3. The van der Waals surface area contributed by atoms with E-state index >= 15 is 0 Å². The Bertz CT molecular complexity index is 703. The van der Waals surface area contributed by atoms with Gasteiger partial charge in [0.25, 0.3) is 5.56 Å². The molecule has 1 saturated heterocycles. The second-order valence-electron chi connectivity index (χ2n) is 5.58. The number of aromatic amines is 1. The number of piperidine rings is 1. The van der Waals surface area contributed by atoms with Crippen LogP contribution < -0.4 is 5.56 Å². The zero-order valence-corrected chi connectivity index (χ0v) is 11.8. The van der Waals surface area contributed by atoms with Crippen LogP contribution in [-0.4, -0.2) is 45.4 Å². The van der Waals surface area contributed by atoms with E-state index in [0.29, 0.717) is 18.5 Å². The van der Waals surface area contributed by atoms with Crippen molar-refractivity contribution in [1.29, 1.82) is 0 Å². The minimum atomic E-state index is -0.172. The molecule has 2 heterocycles. The molecule has 1 aromatic carbocycles. The maximum Gasteiger partial charge on any atom is 0.274 e. The summed E-state index contributed by atoms with van der Waals surface area (Å²) in [6.07, 6.45) is 1.85. The minimum absolute atomic E-state index is 0.0195. The number of hydrogen-bond acceptors (Lipinski definition) is 3. The summed E-state index contributed by atoms with van der Waals surface area (Å²) < 4.78 is 1.36. The first-order valence-corrected chi connectivity index (χ1v) is 7.25. The number of aliphatic hydroxyl groups excluding tert-OH is 1. The van der Waals surface area contributed by atoms with Crippen LogP contribution in [0.25, 0.3) is 10.9 Å². The number of carbonyl (C=O) groups is 1. The van der Waals surface area contributed by atoms with Gasteiger partial charge in [-0.25, -0.2) is 4.68 Å². The second kappa shape index (κ2) is 5.73. The number of rotatable bonds is 3. The van der Waals surface area contributed by atoms with Gasteiger partial charge < -0.3 is 10.0 Å². The Morgan fingerprint density at radius 2 is 2.19 bits per heavy atom. The molecule has 2 N–H and O–H groups in total. The average Bonchev–Trinajstić information content (AvgIpc) is 2.84.